The predicted molar refractivity (Wildman–Crippen MR) is 95.3 cm³/mol. The van der Waals surface area contributed by atoms with E-state index in [0.717, 1.165) is 33.6 Å². The standard InChI is InChI=1S/C18H15N5O2/c1-24-15-4-2-3-14(7-15)23-18-11-19-10-17(16(18)9-21-23)22-20-8-13-5-6-25-12-13/h2-12,22H,1H3. The Bertz CT molecular complexity index is 1020. The number of nitrogens with zero attached hydrogens (tertiary/aromatic N) is 4. The number of hydrogen-bond acceptors (Lipinski definition) is 6. The number of anilines is 1. The zero-order valence-corrected chi connectivity index (χ0v) is 13.5. The van der Waals surface area contributed by atoms with E-state index >= 15 is 0 Å². The molecule has 0 radical (unpaired) electrons. The summed E-state index contributed by atoms with van der Waals surface area (Å²) in [7, 11) is 1.64. The minimum Gasteiger partial charge on any atom is -0.497 e. The fourth-order valence-corrected chi connectivity index (χ4v) is 2.50. The number of methoxy groups -OCH3 is 1. The minimum atomic E-state index is 0.770. The molecule has 0 atom stereocenters. The maximum absolute atomic E-state index is 5.28. The van der Waals surface area contributed by atoms with Gasteiger partial charge in [-0.25, -0.2) is 4.68 Å². The number of ether oxygens (including phenoxy) is 1. The van der Waals surface area contributed by atoms with Crippen molar-refractivity contribution in [1.82, 2.24) is 14.8 Å². The van der Waals surface area contributed by atoms with E-state index in [2.05, 4.69) is 20.6 Å². The van der Waals surface area contributed by atoms with Crippen LogP contribution in [0.25, 0.3) is 16.6 Å². The van der Waals surface area contributed by atoms with Gasteiger partial charge in [-0.15, -0.1) is 0 Å². The lowest BCUT2D eigenvalue weighted by molar-refractivity contribution is 0.414. The maximum atomic E-state index is 5.28. The Kier molecular flexibility index (Phi) is 3.88. The Morgan fingerprint density at radius 3 is 3.04 bits per heavy atom. The number of benzene rings is 1. The van der Waals surface area contributed by atoms with Crippen LogP contribution in [-0.4, -0.2) is 28.1 Å². The van der Waals surface area contributed by atoms with E-state index < -0.39 is 0 Å². The summed E-state index contributed by atoms with van der Waals surface area (Å²) in [5.41, 5.74) is 6.42. The third-order valence-corrected chi connectivity index (χ3v) is 3.74. The van der Waals surface area contributed by atoms with Crippen molar-refractivity contribution in [2.45, 2.75) is 0 Å². The molecule has 3 heterocycles. The van der Waals surface area contributed by atoms with Crippen LogP contribution in [0.4, 0.5) is 5.69 Å². The number of furan rings is 1. The Morgan fingerprint density at radius 2 is 2.20 bits per heavy atom. The van der Waals surface area contributed by atoms with E-state index in [9.17, 15) is 0 Å². The molecule has 7 nitrogen and oxygen atoms in total. The summed E-state index contributed by atoms with van der Waals surface area (Å²) in [4.78, 5) is 4.28. The van der Waals surface area contributed by atoms with Crippen LogP contribution in [0.3, 0.4) is 0 Å². The van der Waals surface area contributed by atoms with E-state index in [1.807, 2.05) is 35.0 Å². The number of hydrazone groups is 1. The summed E-state index contributed by atoms with van der Waals surface area (Å²) >= 11 is 0. The molecule has 0 aliphatic heterocycles. The first-order chi connectivity index (χ1) is 12.3. The number of rotatable bonds is 5. The number of fused-ring (bicyclic) bond motifs is 1. The van der Waals surface area contributed by atoms with Gasteiger partial charge in [0, 0.05) is 17.0 Å². The Morgan fingerprint density at radius 1 is 1.24 bits per heavy atom. The molecule has 0 amide bonds. The molecule has 0 aliphatic carbocycles. The summed E-state index contributed by atoms with van der Waals surface area (Å²) in [6, 6.07) is 9.53. The zero-order chi connectivity index (χ0) is 17.1. The molecule has 0 unspecified atom stereocenters. The molecule has 4 rings (SSSR count). The molecular formula is C18H15N5O2. The number of pyridine rings is 1. The third-order valence-electron chi connectivity index (χ3n) is 3.74. The molecule has 1 N–H and O–H groups in total. The largest absolute Gasteiger partial charge is 0.497 e. The molecule has 0 saturated heterocycles. The highest BCUT2D eigenvalue weighted by Gasteiger charge is 2.09. The molecule has 0 fully saturated rings. The van der Waals surface area contributed by atoms with Crippen LogP contribution in [0.1, 0.15) is 5.56 Å². The monoisotopic (exact) mass is 333 g/mol. The molecule has 0 saturated carbocycles. The first-order valence-electron chi connectivity index (χ1n) is 7.62. The number of hydrogen-bond donors (Lipinski definition) is 1. The second-order valence-electron chi connectivity index (χ2n) is 5.30. The van der Waals surface area contributed by atoms with Gasteiger partial charge >= 0.3 is 0 Å². The van der Waals surface area contributed by atoms with E-state index in [-0.39, 0.29) is 0 Å². The average molecular weight is 333 g/mol. The van der Waals surface area contributed by atoms with Crippen LogP contribution in [0.5, 0.6) is 5.75 Å². The SMILES string of the molecule is COc1cccc(-n2ncc3c(NN=Cc4ccoc4)cncc32)c1. The van der Waals surface area contributed by atoms with Crippen LogP contribution in [0.2, 0.25) is 0 Å². The van der Waals surface area contributed by atoms with Crippen molar-refractivity contribution in [1.29, 1.82) is 0 Å². The van der Waals surface area contributed by atoms with E-state index in [0.29, 0.717) is 0 Å². The molecule has 124 valence electrons. The van der Waals surface area contributed by atoms with Crippen molar-refractivity contribution in [2.75, 3.05) is 12.5 Å². The smallest absolute Gasteiger partial charge is 0.121 e. The van der Waals surface area contributed by atoms with Gasteiger partial charge in [-0.05, 0) is 18.2 Å². The highest BCUT2D eigenvalue weighted by molar-refractivity contribution is 5.91. The highest BCUT2D eigenvalue weighted by atomic mass is 16.5. The number of nitrogens with one attached hydrogen (secondary N) is 1. The first-order valence-corrected chi connectivity index (χ1v) is 7.62. The lowest BCUT2D eigenvalue weighted by atomic mass is 10.2. The summed E-state index contributed by atoms with van der Waals surface area (Å²) in [6.45, 7) is 0. The summed E-state index contributed by atoms with van der Waals surface area (Å²) < 4.78 is 12.1. The Balaban J connectivity index is 1.68. The van der Waals surface area contributed by atoms with Crippen molar-refractivity contribution in [3.63, 3.8) is 0 Å². The highest BCUT2D eigenvalue weighted by Crippen LogP contribution is 2.25. The van der Waals surface area contributed by atoms with Crippen molar-refractivity contribution < 1.29 is 9.15 Å². The van der Waals surface area contributed by atoms with Crippen LogP contribution < -0.4 is 10.2 Å². The average Bonchev–Trinajstić information content (AvgIpc) is 3.32. The van der Waals surface area contributed by atoms with E-state index in [1.165, 1.54) is 0 Å². The zero-order valence-electron chi connectivity index (χ0n) is 13.5. The van der Waals surface area contributed by atoms with Crippen molar-refractivity contribution >= 4 is 22.8 Å². The van der Waals surface area contributed by atoms with Gasteiger partial charge in [0.2, 0.25) is 0 Å². The molecular weight excluding hydrogens is 318 g/mol. The van der Waals surface area contributed by atoms with Crippen LogP contribution in [0, 0.1) is 0 Å². The first kappa shape index (κ1) is 14.9. The lowest BCUT2D eigenvalue weighted by Gasteiger charge is -2.06. The van der Waals surface area contributed by atoms with Gasteiger partial charge in [0.1, 0.15) is 5.75 Å². The fraction of sp³-hybridized carbons (Fsp3) is 0.0556. The van der Waals surface area contributed by atoms with Gasteiger partial charge in [0.15, 0.2) is 0 Å². The van der Waals surface area contributed by atoms with Crippen molar-refractivity contribution in [3.8, 4) is 11.4 Å². The predicted octanol–water partition coefficient (Wildman–Crippen LogP) is 3.47. The lowest BCUT2D eigenvalue weighted by Crippen LogP contribution is -1.97. The second kappa shape index (κ2) is 6.48. The normalized spacial score (nSPS) is 11.2. The van der Waals surface area contributed by atoms with E-state index in [4.69, 9.17) is 9.15 Å². The molecule has 7 heteroatoms. The Hall–Kier alpha value is -3.61. The summed E-state index contributed by atoms with van der Waals surface area (Å²) in [5, 5.41) is 9.60. The van der Waals surface area contributed by atoms with Gasteiger partial charge in [-0.3, -0.25) is 10.4 Å². The second-order valence-corrected chi connectivity index (χ2v) is 5.30. The summed E-state index contributed by atoms with van der Waals surface area (Å²) in [5.74, 6) is 0.771. The fourth-order valence-electron chi connectivity index (χ4n) is 2.50. The third kappa shape index (κ3) is 2.94. The molecule has 3 aromatic heterocycles. The van der Waals surface area contributed by atoms with Gasteiger partial charge in [-0.2, -0.15) is 10.2 Å². The van der Waals surface area contributed by atoms with Crippen LogP contribution >= 0.6 is 0 Å². The number of aromatic nitrogens is 3. The van der Waals surface area contributed by atoms with Crippen LogP contribution in [-0.2, 0) is 0 Å². The van der Waals surface area contributed by atoms with Crippen molar-refractivity contribution in [2.24, 2.45) is 5.10 Å². The molecule has 4 aromatic rings. The molecule has 25 heavy (non-hydrogen) atoms. The molecule has 0 bridgehead atoms. The van der Waals surface area contributed by atoms with Gasteiger partial charge in [-0.1, -0.05) is 6.07 Å². The quantitative estimate of drug-likeness (QED) is 0.447. The summed E-state index contributed by atoms with van der Waals surface area (Å²) in [6.07, 6.45) is 10.2. The van der Waals surface area contributed by atoms with Crippen LogP contribution in [0.15, 0.2) is 71.0 Å². The van der Waals surface area contributed by atoms with E-state index in [1.54, 1.807) is 44.4 Å². The van der Waals surface area contributed by atoms with Gasteiger partial charge < -0.3 is 9.15 Å². The van der Waals surface area contributed by atoms with Gasteiger partial charge in [0.05, 0.1) is 61.3 Å². The maximum Gasteiger partial charge on any atom is 0.121 e. The molecule has 0 aliphatic rings. The Labute approximate surface area is 143 Å². The minimum absolute atomic E-state index is 0.770. The van der Waals surface area contributed by atoms with Crippen molar-refractivity contribution in [3.05, 3.63) is 67.0 Å². The molecule has 0 spiro atoms. The van der Waals surface area contributed by atoms with Gasteiger partial charge in [0.25, 0.3) is 0 Å². The molecule has 1 aromatic carbocycles. The topological polar surface area (TPSA) is 77.5 Å².